The molecule has 0 heterocycles. The summed E-state index contributed by atoms with van der Waals surface area (Å²) in [5.41, 5.74) is 4.61. The van der Waals surface area contributed by atoms with Crippen LogP contribution in [0.3, 0.4) is 0 Å². The van der Waals surface area contributed by atoms with E-state index >= 15 is 0 Å². The first-order valence-corrected chi connectivity index (χ1v) is 7.59. The van der Waals surface area contributed by atoms with Gasteiger partial charge in [0.2, 0.25) is 15.8 Å². The van der Waals surface area contributed by atoms with Gasteiger partial charge in [0.05, 0.1) is 4.92 Å². The summed E-state index contributed by atoms with van der Waals surface area (Å²) in [5.74, 6) is -2.61. The molecule has 21 heavy (non-hydrogen) atoms. The number of hydrogen-bond donors (Lipinski definition) is 2. The van der Waals surface area contributed by atoms with E-state index in [1.165, 1.54) is 0 Å². The zero-order valence-electron chi connectivity index (χ0n) is 10.8. The maximum atomic E-state index is 13.6. The second kappa shape index (κ2) is 5.62. The molecular weight excluding hydrogens is 308 g/mol. The highest BCUT2D eigenvalue weighted by Crippen LogP contribution is 2.31. The summed E-state index contributed by atoms with van der Waals surface area (Å²) < 4.78 is 52.7. The quantitative estimate of drug-likeness (QED) is 0.596. The van der Waals surface area contributed by atoms with Crippen molar-refractivity contribution in [1.82, 2.24) is 4.72 Å². The Morgan fingerprint density at radius 2 is 2.00 bits per heavy atom. The van der Waals surface area contributed by atoms with E-state index in [1.807, 2.05) is 0 Å². The molecule has 0 amide bonds. The first kappa shape index (κ1) is 15.7. The maximum Gasteiger partial charge on any atom is 0.306 e. The van der Waals surface area contributed by atoms with Gasteiger partial charge in [-0.25, -0.2) is 17.5 Å². The van der Waals surface area contributed by atoms with E-state index in [2.05, 4.69) is 4.72 Å². The molecule has 1 aliphatic carbocycles. The van der Waals surface area contributed by atoms with Crippen molar-refractivity contribution in [3.63, 3.8) is 0 Å². The first-order chi connectivity index (χ1) is 9.72. The smallest absolute Gasteiger partial charge is 0.306 e. The third-order valence-electron chi connectivity index (χ3n) is 3.22. The van der Waals surface area contributed by atoms with E-state index < -0.39 is 43.2 Å². The van der Waals surface area contributed by atoms with Crippen molar-refractivity contribution < 1.29 is 22.1 Å². The fourth-order valence-electron chi connectivity index (χ4n) is 1.84. The van der Waals surface area contributed by atoms with E-state index in [0.29, 0.717) is 6.07 Å². The third kappa shape index (κ3) is 3.52. The van der Waals surface area contributed by atoms with Crippen LogP contribution >= 0.6 is 0 Å². The van der Waals surface area contributed by atoms with Gasteiger partial charge in [-0.2, -0.15) is 4.39 Å². The predicted octanol–water partition coefficient (Wildman–Crippen LogP) is 0.889. The molecule has 7 nitrogen and oxygen atoms in total. The zero-order chi connectivity index (χ0) is 15.8. The van der Waals surface area contributed by atoms with Crippen molar-refractivity contribution in [2.24, 2.45) is 11.7 Å². The van der Waals surface area contributed by atoms with E-state index in [0.717, 1.165) is 12.8 Å². The summed E-state index contributed by atoms with van der Waals surface area (Å²) in [7, 11) is -4.34. The Labute approximate surface area is 119 Å². The Morgan fingerprint density at radius 1 is 1.38 bits per heavy atom. The van der Waals surface area contributed by atoms with Crippen LogP contribution in [0.1, 0.15) is 12.8 Å². The highest BCUT2D eigenvalue weighted by atomic mass is 32.2. The molecule has 1 aliphatic rings. The van der Waals surface area contributed by atoms with Crippen LogP contribution in [0.15, 0.2) is 17.0 Å². The molecule has 116 valence electrons. The molecule has 1 aromatic carbocycles. The second-order valence-electron chi connectivity index (χ2n) is 4.84. The van der Waals surface area contributed by atoms with Crippen molar-refractivity contribution in [2.45, 2.75) is 23.8 Å². The lowest BCUT2D eigenvalue weighted by Gasteiger charge is -2.12. The summed E-state index contributed by atoms with van der Waals surface area (Å²) in [6, 6.07) is 0.127. The van der Waals surface area contributed by atoms with Gasteiger partial charge in [0.1, 0.15) is 10.7 Å². The molecule has 2 rings (SSSR count). The number of hydrogen-bond acceptors (Lipinski definition) is 5. The normalized spacial score (nSPS) is 16.7. The van der Waals surface area contributed by atoms with Crippen LogP contribution in [0.5, 0.6) is 0 Å². The first-order valence-electron chi connectivity index (χ1n) is 6.11. The fourth-order valence-corrected chi connectivity index (χ4v) is 2.99. The summed E-state index contributed by atoms with van der Waals surface area (Å²) >= 11 is 0. The number of rotatable bonds is 6. The molecule has 1 fully saturated rings. The topological polar surface area (TPSA) is 115 Å². The van der Waals surface area contributed by atoms with E-state index in [4.69, 9.17) is 5.73 Å². The lowest BCUT2D eigenvalue weighted by atomic mass is 10.2. The molecule has 0 radical (unpaired) electrons. The van der Waals surface area contributed by atoms with Crippen LogP contribution in [0.4, 0.5) is 14.5 Å². The Hall–Kier alpha value is -1.65. The Bertz CT molecular complexity index is 676. The number of sulfonamides is 1. The van der Waals surface area contributed by atoms with Crippen molar-refractivity contribution in [2.75, 3.05) is 6.54 Å². The second-order valence-corrected chi connectivity index (χ2v) is 6.58. The van der Waals surface area contributed by atoms with Crippen LogP contribution in [-0.2, 0) is 10.0 Å². The Balaban J connectivity index is 2.26. The standard InChI is InChI=1S/C11H13F2N3O4S/c12-7-3-8(13)11(4-10(7)16(17)18)21(19,20)15-5-9(14)6-1-2-6/h3-4,6,9,15H,1-2,5,14H2. The van der Waals surface area contributed by atoms with Gasteiger partial charge in [0, 0.05) is 24.7 Å². The largest absolute Gasteiger partial charge is 0.326 e. The minimum Gasteiger partial charge on any atom is -0.326 e. The minimum absolute atomic E-state index is 0.113. The summed E-state index contributed by atoms with van der Waals surface area (Å²) in [6.45, 7) is -0.113. The summed E-state index contributed by atoms with van der Waals surface area (Å²) in [4.78, 5) is 8.49. The van der Waals surface area contributed by atoms with Crippen LogP contribution in [0.2, 0.25) is 0 Å². The summed E-state index contributed by atoms with van der Waals surface area (Å²) in [6.07, 6.45) is 1.80. The Kier molecular flexibility index (Phi) is 4.21. The number of nitro groups is 1. The van der Waals surface area contributed by atoms with Gasteiger partial charge in [-0.3, -0.25) is 10.1 Å². The lowest BCUT2D eigenvalue weighted by molar-refractivity contribution is -0.387. The number of nitrogens with zero attached hydrogens (tertiary/aromatic N) is 1. The average Bonchev–Trinajstić information content (AvgIpc) is 3.19. The van der Waals surface area contributed by atoms with Gasteiger partial charge in [0.15, 0.2) is 0 Å². The van der Waals surface area contributed by atoms with Crippen LogP contribution in [0, 0.1) is 27.7 Å². The molecule has 0 aromatic heterocycles. The van der Waals surface area contributed by atoms with Crippen molar-refractivity contribution in [1.29, 1.82) is 0 Å². The van der Waals surface area contributed by atoms with Gasteiger partial charge >= 0.3 is 5.69 Å². The molecule has 1 aromatic rings. The molecule has 0 aliphatic heterocycles. The highest BCUT2D eigenvalue weighted by molar-refractivity contribution is 7.89. The monoisotopic (exact) mass is 321 g/mol. The van der Waals surface area contributed by atoms with Crippen molar-refractivity contribution in [3.8, 4) is 0 Å². The SMILES string of the molecule is NC(CNS(=O)(=O)c1cc([N+](=O)[O-])c(F)cc1F)C1CC1. The van der Waals surface area contributed by atoms with Crippen LogP contribution in [0.25, 0.3) is 0 Å². The molecule has 1 saturated carbocycles. The zero-order valence-corrected chi connectivity index (χ0v) is 11.6. The van der Waals surface area contributed by atoms with E-state index in [1.54, 1.807) is 0 Å². The molecule has 1 atom stereocenters. The van der Waals surface area contributed by atoms with E-state index in [9.17, 15) is 27.3 Å². The van der Waals surface area contributed by atoms with Crippen molar-refractivity contribution >= 4 is 15.7 Å². The van der Waals surface area contributed by atoms with Crippen molar-refractivity contribution in [3.05, 3.63) is 33.9 Å². The molecule has 0 spiro atoms. The number of nitrogens with one attached hydrogen (secondary N) is 1. The number of nitro benzene ring substituents is 1. The van der Waals surface area contributed by atoms with Gasteiger partial charge in [0.25, 0.3) is 0 Å². The molecule has 10 heteroatoms. The lowest BCUT2D eigenvalue weighted by Crippen LogP contribution is -2.38. The maximum absolute atomic E-state index is 13.6. The van der Waals surface area contributed by atoms with Gasteiger partial charge in [-0.05, 0) is 18.8 Å². The Morgan fingerprint density at radius 3 is 2.52 bits per heavy atom. The number of halogens is 2. The number of nitrogens with two attached hydrogens (primary N) is 1. The van der Waals surface area contributed by atoms with Gasteiger partial charge in [-0.15, -0.1) is 0 Å². The molecule has 3 N–H and O–H groups in total. The third-order valence-corrected chi connectivity index (χ3v) is 4.66. The molecule has 0 bridgehead atoms. The fraction of sp³-hybridized carbons (Fsp3) is 0.455. The average molecular weight is 321 g/mol. The molecular formula is C11H13F2N3O4S. The molecule has 1 unspecified atom stereocenters. The molecule has 0 saturated heterocycles. The highest BCUT2D eigenvalue weighted by Gasteiger charge is 2.31. The van der Waals surface area contributed by atoms with E-state index in [-0.39, 0.29) is 18.5 Å². The summed E-state index contributed by atoms with van der Waals surface area (Å²) in [5, 5.41) is 10.6. The number of benzene rings is 1. The van der Waals surface area contributed by atoms with Gasteiger partial charge < -0.3 is 5.73 Å². The van der Waals surface area contributed by atoms with Crippen LogP contribution < -0.4 is 10.5 Å². The predicted molar refractivity (Wildman–Crippen MR) is 68.9 cm³/mol. The minimum atomic E-state index is -4.34. The van der Waals surface area contributed by atoms with Gasteiger partial charge in [-0.1, -0.05) is 0 Å². The van der Waals surface area contributed by atoms with Crippen LogP contribution in [-0.4, -0.2) is 25.9 Å².